The number of pyridine rings is 1. The zero-order valence-corrected chi connectivity index (χ0v) is 70.9. The highest BCUT2D eigenvalue weighted by atomic mass is 33.1. The molecule has 6 aliphatic heterocycles. The second-order valence-corrected chi connectivity index (χ2v) is 32.9. The molecule has 4 aromatic rings. The predicted octanol–water partition coefficient (Wildman–Crippen LogP) is -4.35. The maximum atomic E-state index is 14.2. The number of carbonyl (C=O) groups excluding carboxylic acids is 4. The van der Waals surface area contributed by atoms with Crippen molar-refractivity contribution in [2.24, 2.45) is 0 Å². The molecule has 6 bridgehead atoms. The highest BCUT2D eigenvalue weighted by Gasteiger charge is 2.62. The maximum Gasteiger partial charge on any atom is 0.220 e. The Morgan fingerprint density at radius 3 is 1.08 bits per heavy atom. The van der Waals surface area contributed by atoms with E-state index in [1.165, 1.54) is 20.8 Å². The Balaban J connectivity index is 0.643. The third-order valence-electron chi connectivity index (χ3n) is 20.2. The van der Waals surface area contributed by atoms with E-state index in [0.717, 1.165) is 23.6 Å². The van der Waals surface area contributed by atoms with Gasteiger partial charge in [-0.1, -0.05) is 28.1 Å². The Morgan fingerprint density at radius 1 is 0.451 bits per heavy atom. The van der Waals surface area contributed by atoms with Gasteiger partial charge in [0.1, 0.15) is 94.2 Å². The maximum absolute atomic E-state index is 14.2. The molecule has 10 unspecified atom stereocenters. The monoisotopic (exact) mass is 1780 g/mol. The summed E-state index contributed by atoms with van der Waals surface area (Å²) in [5.74, 6) is -0.613. The number of fused-ring (bicyclic) bond motifs is 6. The molecule has 10 heterocycles. The molecule has 10 rings (SSSR count). The van der Waals surface area contributed by atoms with Crippen molar-refractivity contribution in [3.8, 4) is 0 Å². The number of carbonyl (C=O) groups is 4. The number of nitrogens with zero attached hydrogens (tertiary/aromatic N) is 10. The van der Waals surface area contributed by atoms with Crippen LogP contribution in [0.25, 0.3) is 0 Å². The van der Waals surface area contributed by atoms with Crippen LogP contribution in [0.3, 0.4) is 0 Å². The molecule has 6 fully saturated rings. The van der Waals surface area contributed by atoms with Crippen LogP contribution in [0.1, 0.15) is 63.5 Å². The Morgan fingerprint density at radius 2 is 0.770 bits per heavy atom. The van der Waals surface area contributed by atoms with E-state index in [0.29, 0.717) is 142 Å². The van der Waals surface area contributed by atoms with Gasteiger partial charge in [-0.15, -0.1) is 36.9 Å². The summed E-state index contributed by atoms with van der Waals surface area (Å²) in [4.78, 5) is 53.4. The molecule has 1 radical (unpaired) electrons. The fraction of sp³-hybridized carbons (Fsp3) is 0.800. The van der Waals surface area contributed by atoms with Crippen molar-refractivity contribution in [2.75, 3.05) is 204 Å². The number of thiol groups is 1. The Labute approximate surface area is 713 Å². The number of unbranched alkanes of at least 4 members (excludes halogenated alkanes) is 2. The summed E-state index contributed by atoms with van der Waals surface area (Å²) in [6, 6.07) is 3.04. The molecule has 6 saturated heterocycles. The molecule has 15 atom stereocenters. The third-order valence-corrected chi connectivity index (χ3v) is 22.7. The van der Waals surface area contributed by atoms with Gasteiger partial charge in [0.15, 0.2) is 18.9 Å². The second-order valence-electron chi connectivity index (χ2n) is 30.0. The third kappa shape index (κ3) is 31.0. The van der Waals surface area contributed by atoms with Gasteiger partial charge in [0.2, 0.25) is 23.6 Å². The van der Waals surface area contributed by atoms with E-state index in [1.807, 2.05) is 18.2 Å². The summed E-state index contributed by atoms with van der Waals surface area (Å²) in [6.45, 7) is 10.4. The van der Waals surface area contributed by atoms with E-state index in [2.05, 4.69) is 57.2 Å². The summed E-state index contributed by atoms with van der Waals surface area (Å²) < 4.78 is 127. The molecule has 0 spiro atoms. The lowest BCUT2D eigenvalue weighted by atomic mass is 9.88. The van der Waals surface area contributed by atoms with Gasteiger partial charge in [-0.2, -0.15) is 0 Å². The van der Waals surface area contributed by atoms with Crippen LogP contribution < -0.4 is 21.3 Å². The minimum atomic E-state index is -1.34. The first-order chi connectivity index (χ1) is 59.2. The topological polar surface area (TPSA) is 537 Å². The molecule has 4 aromatic heterocycles. The van der Waals surface area contributed by atoms with Crippen LogP contribution in [0.15, 0.2) is 48.0 Å². The number of rotatable bonds is 65. The Bertz CT molecular complexity index is 3370. The van der Waals surface area contributed by atoms with Gasteiger partial charge in [0.05, 0.1) is 261 Å². The number of hydrogen-bond donors (Lipinski definition) is 11. The van der Waals surface area contributed by atoms with Gasteiger partial charge in [-0.3, -0.25) is 19.2 Å². The Kier molecular flexibility index (Phi) is 41.7. The van der Waals surface area contributed by atoms with Crippen LogP contribution in [0.4, 0.5) is 0 Å². The van der Waals surface area contributed by atoms with Gasteiger partial charge >= 0.3 is 0 Å². The average Bonchev–Trinajstić information content (AvgIpc) is 1.61. The van der Waals surface area contributed by atoms with Gasteiger partial charge < -0.3 is 151 Å². The van der Waals surface area contributed by atoms with Crippen LogP contribution in [-0.2, 0) is 158 Å². The molecule has 47 heteroatoms. The van der Waals surface area contributed by atoms with Gasteiger partial charge in [-0.25, -0.2) is 19.0 Å². The van der Waals surface area contributed by atoms with Gasteiger partial charge in [0.25, 0.3) is 0 Å². The number of nitrogens with one attached hydrogen (secondary N) is 4. The summed E-state index contributed by atoms with van der Waals surface area (Å²) >= 11 is 4.81. The predicted molar refractivity (Wildman–Crippen MR) is 422 cm³/mol. The van der Waals surface area contributed by atoms with Crippen LogP contribution in [0.5, 0.6) is 0 Å². The van der Waals surface area contributed by atoms with Crippen molar-refractivity contribution >= 4 is 45.2 Å². The fourth-order valence-electron chi connectivity index (χ4n) is 13.9. The zero-order chi connectivity index (χ0) is 86.4. The molecule has 0 aromatic carbocycles. The minimum absolute atomic E-state index is 0.00545. The second kappa shape index (κ2) is 51.8. The lowest BCUT2D eigenvalue weighted by Crippen LogP contribution is -2.66. The van der Waals surface area contributed by atoms with Crippen molar-refractivity contribution in [3.05, 3.63) is 60.1 Å². The van der Waals surface area contributed by atoms with Crippen molar-refractivity contribution in [1.82, 2.24) is 71.2 Å². The lowest BCUT2D eigenvalue weighted by molar-refractivity contribution is -0.238. The molecule has 122 heavy (non-hydrogen) atoms. The highest BCUT2D eigenvalue weighted by Crippen LogP contribution is 2.42. The SMILES string of the molecule is CC(=O)NC1C2OCC(COCCOCCOCCOCCn3cc(COCC(COCc4cn(CCOCCOCCOCCOCC56COC(O5)C(NC(C)=O)C(O)C6O)nn4)(COCc4cn(CCOCCOCCOCCOC[C@]56CO[C@@H](O5)[C@H](NC(C)=O)[C@@H](O)[C@H]6O)nn4)NC(=O)CCCCC[S](S)c4ccccn4)nn3)(O2)C(O)C1O. The van der Waals surface area contributed by atoms with Crippen molar-refractivity contribution in [1.29, 1.82) is 0 Å². The molecule has 689 valence electrons. The highest BCUT2D eigenvalue weighted by molar-refractivity contribution is 8.78. The summed E-state index contributed by atoms with van der Waals surface area (Å²) in [5.41, 5.74) is -3.56. The van der Waals surface area contributed by atoms with E-state index in [4.69, 9.17) is 111 Å². The standard InChI is InChI=1S/C75H121N14O31S2/c1-52(90)77-60-63(94)66(97)73(49-115-69(60)118-73)46-109-33-30-106-27-24-103-21-18-100-15-12-87-37-55(81-84-87)40-112-43-72(80-58(93)9-5-4-8-36-122(121)59-10-6-7-11-76-59,44-113-41-56-38-88(85-82-56)13-16-101-19-22-104-25-28-107-31-34-110-47-74-50-116-70(119-74)61(78-53(2)91)64(95)67(74)98)45-114-42-57-39-89(86-83-57)14-17-102-20-23-105-26-29-108-32-35-111-48-75-51-117-71(120-75)62(79-54(3)92)65(96)68(75)99/h6-7,10-11,37-39,60-71,94-99,121H,4-5,8-9,12-36,40-51H2,1-3H3,(H,77,90)(H,78,91)(H,79,92)(H,80,93)/t60-,61?,62?,63-,64?,65?,66-,67?,68?,69+,70?,71?,72?,73-,74?,75?/m1/s1. The van der Waals surface area contributed by atoms with Crippen molar-refractivity contribution in [3.63, 3.8) is 0 Å². The normalized spacial score (nSPS) is 26.5. The lowest BCUT2D eigenvalue weighted by Gasteiger charge is -2.42. The molecule has 45 nitrogen and oxygen atoms in total. The number of ether oxygens (including phenoxy) is 21. The first kappa shape index (κ1) is 98.3. The molecule has 6 aliphatic rings. The first-order valence-corrected chi connectivity index (χ1v) is 43.3. The number of aliphatic hydroxyl groups excluding tert-OH is 6. The van der Waals surface area contributed by atoms with Crippen LogP contribution in [0, 0.1) is 0 Å². The van der Waals surface area contributed by atoms with Crippen LogP contribution in [-0.4, -0.2) is 404 Å². The smallest absolute Gasteiger partial charge is 0.220 e. The number of aliphatic hydroxyl groups is 6. The largest absolute Gasteiger partial charge is 0.388 e. The van der Waals surface area contributed by atoms with E-state index in [1.54, 1.807) is 38.8 Å². The Hall–Kier alpha value is -5.93. The summed E-state index contributed by atoms with van der Waals surface area (Å²) in [7, 11) is -0.351. The molecule has 4 amide bonds. The van der Waals surface area contributed by atoms with Crippen molar-refractivity contribution in [2.45, 2.75) is 187 Å². The quantitative estimate of drug-likeness (QED) is 0.0113. The van der Waals surface area contributed by atoms with Crippen LogP contribution >= 0.6 is 21.6 Å². The van der Waals surface area contributed by atoms with E-state index in [9.17, 15) is 49.8 Å². The average molecular weight is 1780 g/mol. The first-order valence-electron chi connectivity index (χ1n) is 40.9. The molecule has 0 saturated carbocycles. The molecular weight excluding hydrogens is 1660 g/mol. The summed E-state index contributed by atoms with van der Waals surface area (Å²) in [6.07, 6.45) is -1.29. The molecular formula is C75H121N14O31S2. The number of amides is 4. The zero-order valence-electron chi connectivity index (χ0n) is 69.2. The van der Waals surface area contributed by atoms with Gasteiger partial charge in [0, 0.05) is 33.4 Å². The molecule has 10 N–H and O–H groups in total. The van der Waals surface area contributed by atoms with Crippen LogP contribution in [0.2, 0.25) is 0 Å². The van der Waals surface area contributed by atoms with E-state index < -0.39 is 96.0 Å². The minimum Gasteiger partial charge on any atom is -0.388 e. The number of hydrogen-bond acceptors (Lipinski definition) is 39. The van der Waals surface area contributed by atoms with Crippen molar-refractivity contribution < 1.29 is 149 Å². The molecule has 0 aliphatic carbocycles. The summed E-state index contributed by atoms with van der Waals surface area (Å²) in [5, 5.41) is 102. The fourth-order valence-corrected chi connectivity index (χ4v) is 15.7. The van der Waals surface area contributed by atoms with E-state index in [-0.39, 0.29) is 159 Å². The van der Waals surface area contributed by atoms with E-state index >= 15 is 0 Å². The van der Waals surface area contributed by atoms with Gasteiger partial charge in [-0.05, 0) is 30.7 Å². The number of aromatic nitrogens is 10.